The molecule has 3 saturated heterocycles. The summed E-state index contributed by atoms with van der Waals surface area (Å²) in [6, 6.07) is 1.50. The molecular weight excluding hydrogens is 250 g/mol. The van der Waals surface area contributed by atoms with Crippen LogP contribution in [-0.2, 0) is 4.74 Å². The Morgan fingerprint density at radius 2 is 1.85 bits per heavy atom. The van der Waals surface area contributed by atoms with Crippen LogP contribution < -0.4 is 5.73 Å². The molecule has 0 spiro atoms. The van der Waals surface area contributed by atoms with Crippen molar-refractivity contribution < 1.29 is 4.74 Å². The first-order valence-corrected chi connectivity index (χ1v) is 8.29. The summed E-state index contributed by atoms with van der Waals surface area (Å²) in [6.07, 6.45) is 6.85. The molecule has 0 aromatic carbocycles. The van der Waals surface area contributed by atoms with Crippen molar-refractivity contribution in [2.24, 2.45) is 11.7 Å². The molecule has 3 fully saturated rings. The molecule has 0 aromatic rings. The van der Waals surface area contributed by atoms with E-state index in [2.05, 4.69) is 23.8 Å². The number of nitrogens with two attached hydrogens (primary N) is 1. The van der Waals surface area contributed by atoms with Crippen molar-refractivity contribution in [2.75, 3.05) is 33.8 Å². The number of hydrogen-bond acceptors (Lipinski definition) is 4. The molecule has 0 radical (unpaired) electrons. The van der Waals surface area contributed by atoms with Gasteiger partial charge < -0.3 is 15.4 Å². The highest BCUT2D eigenvalue weighted by atomic mass is 16.5. The average Bonchev–Trinajstić information content (AvgIpc) is 2.69. The SMILES string of the molecule is COC1CN(C2(CN)CC3CCC(C2)N3C)CCC1C. The van der Waals surface area contributed by atoms with Gasteiger partial charge >= 0.3 is 0 Å². The van der Waals surface area contributed by atoms with Gasteiger partial charge in [-0.1, -0.05) is 6.92 Å². The van der Waals surface area contributed by atoms with Crippen molar-refractivity contribution in [1.82, 2.24) is 9.80 Å². The largest absolute Gasteiger partial charge is 0.380 e. The van der Waals surface area contributed by atoms with E-state index >= 15 is 0 Å². The quantitative estimate of drug-likeness (QED) is 0.846. The molecule has 3 heterocycles. The summed E-state index contributed by atoms with van der Waals surface area (Å²) < 4.78 is 5.71. The third-order valence-electron chi connectivity index (χ3n) is 6.46. The van der Waals surface area contributed by atoms with Gasteiger partial charge in [-0.25, -0.2) is 0 Å². The van der Waals surface area contributed by atoms with E-state index in [0.29, 0.717) is 12.0 Å². The predicted octanol–water partition coefficient (Wildman–Crippen LogP) is 1.30. The molecule has 2 bridgehead atoms. The second-order valence-corrected chi connectivity index (χ2v) is 7.37. The van der Waals surface area contributed by atoms with Gasteiger partial charge in [0.15, 0.2) is 0 Å². The lowest BCUT2D eigenvalue weighted by atomic mass is 9.79. The van der Waals surface area contributed by atoms with Crippen LogP contribution in [0.4, 0.5) is 0 Å². The molecule has 20 heavy (non-hydrogen) atoms. The number of piperidine rings is 2. The molecule has 0 amide bonds. The summed E-state index contributed by atoms with van der Waals surface area (Å²) >= 11 is 0. The van der Waals surface area contributed by atoms with Gasteiger partial charge in [0, 0.05) is 37.8 Å². The van der Waals surface area contributed by atoms with Crippen molar-refractivity contribution >= 4 is 0 Å². The standard InChI is InChI=1S/C16H31N3O/c1-12-6-7-19(10-15(12)20-3)16(11-17)8-13-4-5-14(9-16)18(13)2/h12-15H,4-11,17H2,1-3H3. The van der Waals surface area contributed by atoms with Crippen LogP contribution >= 0.6 is 0 Å². The molecule has 4 unspecified atom stereocenters. The zero-order valence-corrected chi connectivity index (χ0v) is 13.3. The molecule has 4 heteroatoms. The van der Waals surface area contributed by atoms with Crippen molar-refractivity contribution in [3.05, 3.63) is 0 Å². The van der Waals surface area contributed by atoms with E-state index in [4.69, 9.17) is 10.5 Å². The van der Waals surface area contributed by atoms with E-state index in [1.807, 2.05) is 7.11 Å². The van der Waals surface area contributed by atoms with Gasteiger partial charge in [-0.2, -0.15) is 0 Å². The van der Waals surface area contributed by atoms with E-state index in [0.717, 1.165) is 25.2 Å². The van der Waals surface area contributed by atoms with E-state index in [-0.39, 0.29) is 5.54 Å². The van der Waals surface area contributed by atoms with Crippen LogP contribution in [0.25, 0.3) is 0 Å². The lowest BCUT2D eigenvalue weighted by molar-refractivity contribution is -0.0708. The predicted molar refractivity (Wildman–Crippen MR) is 81.7 cm³/mol. The Hall–Kier alpha value is -0.160. The molecule has 0 aliphatic carbocycles. The second kappa shape index (κ2) is 5.56. The summed E-state index contributed by atoms with van der Waals surface area (Å²) in [5, 5.41) is 0. The third kappa shape index (κ3) is 2.31. The number of rotatable bonds is 3. The van der Waals surface area contributed by atoms with E-state index < -0.39 is 0 Å². The Labute approximate surface area is 123 Å². The van der Waals surface area contributed by atoms with Crippen LogP contribution in [-0.4, -0.2) is 67.3 Å². The fraction of sp³-hybridized carbons (Fsp3) is 1.00. The highest BCUT2D eigenvalue weighted by Gasteiger charge is 2.50. The fourth-order valence-corrected chi connectivity index (χ4v) is 4.87. The van der Waals surface area contributed by atoms with Gasteiger partial charge in [-0.05, 0) is 51.6 Å². The molecule has 0 aromatic heterocycles. The average molecular weight is 281 g/mol. The molecular formula is C16H31N3O. The molecule has 3 aliphatic heterocycles. The van der Waals surface area contributed by atoms with Crippen LogP contribution in [0.5, 0.6) is 0 Å². The molecule has 3 aliphatic rings. The van der Waals surface area contributed by atoms with Gasteiger partial charge in [0.1, 0.15) is 0 Å². The Morgan fingerprint density at radius 3 is 2.40 bits per heavy atom. The first kappa shape index (κ1) is 14.8. The minimum atomic E-state index is 0.231. The number of methoxy groups -OCH3 is 1. The highest BCUT2D eigenvalue weighted by Crippen LogP contribution is 2.43. The lowest BCUT2D eigenvalue weighted by Gasteiger charge is -2.53. The number of nitrogens with zero attached hydrogens (tertiary/aromatic N) is 2. The van der Waals surface area contributed by atoms with E-state index in [1.165, 1.54) is 38.6 Å². The molecule has 4 atom stereocenters. The summed E-state index contributed by atoms with van der Waals surface area (Å²) in [6.45, 7) is 5.39. The number of fused-ring (bicyclic) bond motifs is 2. The minimum Gasteiger partial charge on any atom is -0.380 e. The summed E-state index contributed by atoms with van der Waals surface area (Å²) in [5.41, 5.74) is 6.52. The van der Waals surface area contributed by atoms with Crippen LogP contribution in [0.15, 0.2) is 0 Å². The van der Waals surface area contributed by atoms with Gasteiger partial charge in [0.25, 0.3) is 0 Å². The third-order valence-corrected chi connectivity index (χ3v) is 6.46. The smallest absolute Gasteiger partial charge is 0.0724 e. The van der Waals surface area contributed by atoms with Crippen molar-refractivity contribution in [3.8, 4) is 0 Å². The van der Waals surface area contributed by atoms with Gasteiger partial charge in [0.2, 0.25) is 0 Å². The van der Waals surface area contributed by atoms with Crippen LogP contribution in [0.3, 0.4) is 0 Å². The maximum atomic E-state index is 6.29. The number of likely N-dealkylation sites (tertiary alicyclic amines) is 1. The molecule has 116 valence electrons. The van der Waals surface area contributed by atoms with Crippen LogP contribution in [0.1, 0.15) is 39.0 Å². The number of ether oxygens (including phenoxy) is 1. The first-order valence-electron chi connectivity index (χ1n) is 8.29. The molecule has 3 rings (SSSR count). The van der Waals surface area contributed by atoms with Crippen LogP contribution in [0, 0.1) is 5.92 Å². The zero-order valence-electron chi connectivity index (χ0n) is 13.3. The van der Waals surface area contributed by atoms with E-state index in [1.54, 1.807) is 0 Å². The topological polar surface area (TPSA) is 41.7 Å². The van der Waals surface area contributed by atoms with Crippen molar-refractivity contribution in [3.63, 3.8) is 0 Å². The monoisotopic (exact) mass is 281 g/mol. The van der Waals surface area contributed by atoms with Crippen LogP contribution in [0.2, 0.25) is 0 Å². The molecule has 2 N–H and O–H groups in total. The van der Waals surface area contributed by atoms with Crippen molar-refractivity contribution in [2.45, 2.75) is 62.8 Å². The molecule has 0 saturated carbocycles. The Bertz CT molecular complexity index is 335. The Morgan fingerprint density at radius 1 is 1.20 bits per heavy atom. The Kier molecular flexibility index (Phi) is 4.10. The zero-order chi connectivity index (χ0) is 14.3. The second-order valence-electron chi connectivity index (χ2n) is 7.37. The fourth-order valence-electron chi connectivity index (χ4n) is 4.87. The maximum absolute atomic E-state index is 6.29. The first-order chi connectivity index (χ1) is 9.59. The maximum Gasteiger partial charge on any atom is 0.0724 e. The Balaban J connectivity index is 1.76. The summed E-state index contributed by atoms with van der Waals surface area (Å²) in [5.74, 6) is 0.675. The molecule has 4 nitrogen and oxygen atoms in total. The highest BCUT2D eigenvalue weighted by molar-refractivity contribution is 5.07. The van der Waals surface area contributed by atoms with Gasteiger partial charge in [-0.3, -0.25) is 4.90 Å². The van der Waals surface area contributed by atoms with Gasteiger partial charge in [-0.15, -0.1) is 0 Å². The normalized spacial score (nSPS) is 46.8. The summed E-state index contributed by atoms with van der Waals surface area (Å²) in [4.78, 5) is 5.29. The van der Waals surface area contributed by atoms with Crippen molar-refractivity contribution in [1.29, 1.82) is 0 Å². The minimum absolute atomic E-state index is 0.231. The number of hydrogen-bond donors (Lipinski definition) is 1. The summed E-state index contributed by atoms with van der Waals surface area (Å²) in [7, 11) is 4.16. The van der Waals surface area contributed by atoms with E-state index in [9.17, 15) is 0 Å². The van der Waals surface area contributed by atoms with Gasteiger partial charge in [0.05, 0.1) is 6.10 Å². The lowest BCUT2D eigenvalue weighted by Crippen LogP contribution is -2.65.